The number of hydrogen-bond donors (Lipinski definition) is 8. The molecule has 0 spiro atoms. The summed E-state index contributed by atoms with van der Waals surface area (Å²) in [5.74, 6) is -0.342. The Morgan fingerprint density at radius 2 is 1.59 bits per heavy atom. The van der Waals surface area contributed by atoms with Gasteiger partial charge in [-0.3, -0.25) is 0 Å². The number of hydrogen-bond acceptors (Lipinski definition) is 14. The monoisotopic (exact) mass is 698 g/mol. The van der Waals surface area contributed by atoms with Crippen LogP contribution in [0.5, 0.6) is 0 Å². The Hall–Kier alpha value is -1.27. The highest BCUT2D eigenvalue weighted by Crippen LogP contribution is 2.70. The first kappa shape index (κ1) is 36.1. The molecule has 278 valence electrons. The van der Waals surface area contributed by atoms with Gasteiger partial charge in [-0.2, -0.15) is 0 Å². The molecule has 0 aromatic heterocycles. The van der Waals surface area contributed by atoms with Gasteiger partial charge in [0, 0.05) is 11.5 Å². The van der Waals surface area contributed by atoms with E-state index in [0.717, 1.165) is 31.3 Å². The maximum Gasteiger partial charge on any atom is 0.331 e. The summed E-state index contributed by atoms with van der Waals surface area (Å²) in [5.41, 5.74) is -0.847. The molecule has 0 amide bonds. The fourth-order valence-corrected chi connectivity index (χ4v) is 11.4. The molecule has 19 atom stereocenters. The summed E-state index contributed by atoms with van der Waals surface area (Å²) < 4.78 is 28.7. The first-order valence-electron chi connectivity index (χ1n) is 18.0. The van der Waals surface area contributed by atoms with Crippen LogP contribution in [0.4, 0.5) is 0 Å². The summed E-state index contributed by atoms with van der Waals surface area (Å²) >= 11 is 0. The minimum atomic E-state index is -1.67. The molecule has 14 heteroatoms. The van der Waals surface area contributed by atoms with Crippen molar-refractivity contribution in [2.45, 2.75) is 151 Å². The Kier molecular flexibility index (Phi) is 9.57. The first-order valence-corrected chi connectivity index (χ1v) is 18.0. The Morgan fingerprint density at radius 1 is 0.878 bits per heavy atom. The van der Waals surface area contributed by atoms with Gasteiger partial charge >= 0.3 is 5.97 Å². The van der Waals surface area contributed by atoms with Crippen LogP contribution in [0.3, 0.4) is 0 Å². The Labute approximate surface area is 285 Å². The molecular weight excluding hydrogens is 644 g/mol. The quantitative estimate of drug-likeness (QED) is 0.126. The van der Waals surface area contributed by atoms with Gasteiger partial charge in [-0.25, -0.2) is 4.79 Å². The van der Waals surface area contributed by atoms with Crippen molar-refractivity contribution in [2.75, 3.05) is 13.2 Å². The van der Waals surface area contributed by atoms with E-state index in [-0.39, 0.29) is 47.8 Å². The Balaban J connectivity index is 0.995. The number of aliphatic hydroxyl groups is 8. The molecule has 3 heterocycles. The smallest absolute Gasteiger partial charge is 0.331 e. The highest BCUT2D eigenvalue weighted by molar-refractivity contribution is 5.85. The molecule has 0 aromatic carbocycles. The molecular formula is C35H54O14. The summed E-state index contributed by atoms with van der Waals surface area (Å²) in [6.45, 7) is 5.54. The predicted octanol–water partition coefficient (Wildman–Crippen LogP) is -0.749. The molecule has 4 saturated carbocycles. The van der Waals surface area contributed by atoms with Crippen LogP contribution in [-0.4, -0.2) is 139 Å². The van der Waals surface area contributed by atoms with Crippen LogP contribution in [0.1, 0.15) is 72.1 Å². The lowest BCUT2D eigenvalue weighted by Gasteiger charge is -2.65. The molecule has 3 aliphatic heterocycles. The van der Waals surface area contributed by atoms with Crippen LogP contribution in [0.25, 0.3) is 0 Å². The van der Waals surface area contributed by atoms with E-state index in [1.807, 2.05) is 0 Å². The zero-order valence-corrected chi connectivity index (χ0v) is 28.4. The number of ether oxygens (including phenoxy) is 5. The third-order valence-corrected chi connectivity index (χ3v) is 14.1. The van der Waals surface area contributed by atoms with Crippen molar-refractivity contribution >= 4 is 5.97 Å². The summed E-state index contributed by atoms with van der Waals surface area (Å²) in [7, 11) is 0. The second-order valence-corrected chi connectivity index (χ2v) is 16.5. The predicted molar refractivity (Wildman–Crippen MR) is 167 cm³/mol. The van der Waals surface area contributed by atoms with Crippen LogP contribution < -0.4 is 0 Å². The second kappa shape index (κ2) is 13.0. The summed E-state index contributed by atoms with van der Waals surface area (Å²) in [4.78, 5) is 11.9. The van der Waals surface area contributed by atoms with Gasteiger partial charge < -0.3 is 64.5 Å². The van der Waals surface area contributed by atoms with Crippen LogP contribution >= 0.6 is 0 Å². The molecule has 6 fully saturated rings. The molecule has 49 heavy (non-hydrogen) atoms. The molecule has 0 unspecified atom stereocenters. The largest absolute Gasteiger partial charge is 0.458 e. The molecule has 7 aliphatic rings. The Morgan fingerprint density at radius 3 is 2.29 bits per heavy atom. The summed E-state index contributed by atoms with van der Waals surface area (Å²) in [5, 5.41) is 86.6. The van der Waals surface area contributed by atoms with Crippen LogP contribution in [0.2, 0.25) is 0 Å². The highest BCUT2D eigenvalue weighted by atomic mass is 16.7. The second-order valence-electron chi connectivity index (χ2n) is 16.5. The molecule has 0 bridgehead atoms. The summed E-state index contributed by atoms with van der Waals surface area (Å²) in [6, 6.07) is 0. The zero-order chi connectivity index (χ0) is 35.2. The van der Waals surface area contributed by atoms with Gasteiger partial charge in [0.15, 0.2) is 12.6 Å². The van der Waals surface area contributed by atoms with Gasteiger partial charge in [0.1, 0.15) is 49.3 Å². The molecule has 8 N–H and O–H groups in total. The Bertz CT molecular complexity index is 1280. The lowest BCUT2D eigenvalue weighted by Crippen LogP contribution is -2.66. The number of aliphatic hydroxyl groups excluding tert-OH is 7. The van der Waals surface area contributed by atoms with Gasteiger partial charge in [-0.05, 0) is 93.0 Å². The average Bonchev–Trinajstić information content (AvgIpc) is 3.60. The minimum Gasteiger partial charge on any atom is -0.458 e. The van der Waals surface area contributed by atoms with E-state index in [0.29, 0.717) is 25.7 Å². The van der Waals surface area contributed by atoms with E-state index in [1.54, 1.807) is 13.0 Å². The summed E-state index contributed by atoms with van der Waals surface area (Å²) in [6.07, 6.45) is -7.62. The number of rotatable bonds is 6. The van der Waals surface area contributed by atoms with E-state index in [1.165, 1.54) is 0 Å². The zero-order valence-electron chi connectivity index (χ0n) is 28.4. The molecule has 0 radical (unpaired) electrons. The van der Waals surface area contributed by atoms with Crippen molar-refractivity contribution in [1.82, 2.24) is 0 Å². The highest BCUT2D eigenvalue weighted by Gasteiger charge is 2.70. The lowest BCUT2D eigenvalue weighted by atomic mass is 9.42. The fraction of sp³-hybridized carbons (Fsp3) is 0.914. The van der Waals surface area contributed by atoms with Gasteiger partial charge in [0.05, 0.1) is 30.5 Å². The van der Waals surface area contributed by atoms with Crippen molar-refractivity contribution < 1.29 is 69.3 Å². The number of fused-ring (bicyclic) bond motifs is 5. The van der Waals surface area contributed by atoms with Crippen molar-refractivity contribution in [1.29, 1.82) is 0 Å². The van der Waals surface area contributed by atoms with Crippen LogP contribution in [-0.2, 0) is 28.5 Å². The number of carbonyl (C=O) groups is 1. The van der Waals surface area contributed by atoms with Crippen molar-refractivity contribution in [2.24, 2.45) is 34.5 Å². The topological polar surface area (TPSA) is 225 Å². The molecule has 4 aliphatic carbocycles. The SMILES string of the molecule is C[C@H]1O[C@@H](O[C@H]2CC[C@@]3(C)[C@H](CC[C@H]4[C@@H]3[C@H](O)C[C@]3(C)[C@@H](C5=CC(=O)OC5)CC[C@]43O)C2)[C@H](O)[C@H](O)[C@H]1O[C@@H]1O[C@H](CO)[C@@H](O)[C@H](O)[C@H]1O. The molecule has 7 rings (SSSR count). The van der Waals surface area contributed by atoms with Gasteiger partial charge in [0.25, 0.3) is 0 Å². The van der Waals surface area contributed by atoms with Crippen molar-refractivity contribution in [3.63, 3.8) is 0 Å². The maximum atomic E-state index is 12.5. The first-order chi connectivity index (χ1) is 23.1. The standard InChI is InChI=1S/C35H54O14/c1-15-30(49-32-28(42)26(40)25(39)22(13-36)48-32)27(41)29(43)31(46-15)47-18-6-8-33(2)17(11-18)4-5-20-24(33)21(37)12-34(3)19(7-9-35(20,34)44)16-10-23(38)45-14-16/h10,15,17-22,24-32,36-37,39-44H,4-9,11-14H2,1-3H3/t15-,17-,18+,19-,20+,21-,22-,24-,25-,26+,27+,28-,29-,30+,31+,32+,33+,34-,35+/m1/s1. The van der Waals surface area contributed by atoms with Crippen molar-refractivity contribution in [3.8, 4) is 0 Å². The van der Waals surface area contributed by atoms with Crippen molar-refractivity contribution in [3.05, 3.63) is 11.6 Å². The van der Waals surface area contributed by atoms with E-state index in [4.69, 9.17) is 23.7 Å². The maximum absolute atomic E-state index is 12.5. The van der Waals surface area contributed by atoms with E-state index in [2.05, 4.69) is 13.8 Å². The molecule has 14 nitrogen and oxygen atoms in total. The number of esters is 1. The average molecular weight is 699 g/mol. The van der Waals surface area contributed by atoms with Gasteiger partial charge in [0.2, 0.25) is 0 Å². The lowest BCUT2D eigenvalue weighted by molar-refractivity contribution is -0.360. The van der Waals surface area contributed by atoms with E-state index < -0.39 is 85.1 Å². The van der Waals surface area contributed by atoms with E-state index in [9.17, 15) is 45.6 Å². The van der Waals surface area contributed by atoms with Crippen LogP contribution in [0.15, 0.2) is 11.6 Å². The number of cyclic esters (lactones) is 1. The number of carbonyl (C=O) groups excluding carboxylic acids is 1. The molecule has 0 aromatic rings. The van der Waals surface area contributed by atoms with E-state index >= 15 is 0 Å². The van der Waals surface area contributed by atoms with Gasteiger partial charge in [-0.15, -0.1) is 0 Å². The fourth-order valence-electron chi connectivity index (χ4n) is 11.4. The normalized spacial score (nSPS) is 56.0. The molecule has 2 saturated heterocycles. The van der Waals surface area contributed by atoms with Gasteiger partial charge in [-0.1, -0.05) is 13.8 Å². The third-order valence-electron chi connectivity index (χ3n) is 14.1. The van der Waals surface area contributed by atoms with Crippen LogP contribution in [0, 0.1) is 34.5 Å². The third kappa shape index (κ3) is 5.64. The minimum absolute atomic E-state index is 0.0175.